The van der Waals surface area contributed by atoms with Crippen LogP contribution in [0, 0.1) is 5.92 Å². The minimum absolute atomic E-state index is 0.0276. The maximum atomic E-state index is 14.8. The zero-order valence-corrected chi connectivity index (χ0v) is 27.8. The van der Waals surface area contributed by atoms with Gasteiger partial charge in [-0.3, -0.25) is 14.5 Å². The second-order valence-corrected chi connectivity index (χ2v) is 15.2. The van der Waals surface area contributed by atoms with Gasteiger partial charge in [0.25, 0.3) is 0 Å². The third kappa shape index (κ3) is 5.20. The Hall–Kier alpha value is -2.36. The number of likely N-dealkylation sites (tertiary alicyclic amines) is 1. The summed E-state index contributed by atoms with van der Waals surface area (Å²) < 4.78 is 0. The first-order valence-electron chi connectivity index (χ1n) is 15.7. The van der Waals surface area contributed by atoms with Crippen LogP contribution < -0.4 is 5.32 Å². The van der Waals surface area contributed by atoms with Gasteiger partial charge in [-0.2, -0.15) is 0 Å². The molecule has 10 heteroatoms. The zero-order chi connectivity index (χ0) is 30.8. The Bertz CT molecular complexity index is 1530. The van der Waals surface area contributed by atoms with Gasteiger partial charge in [-0.05, 0) is 98.8 Å². The zero-order valence-electron chi connectivity index (χ0n) is 25.5. The minimum atomic E-state index is -0.806. The first-order chi connectivity index (χ1) is 21.1. The van der Waals surface area contributed by atoms with Gasteiger partial charge in [-0.25, -0.2) is 4.99 Å². The Morgan fingerprint density at radius 1 is 0.977 bits per heavy atom. The fraction of sp³-hybridized carbons (Fsp3) is 0.500. The number of hydrogen-bond acceptors (Lipinski definition) is 7. The van der Waals surface area contributed by atoms with E-state index in [9.17, 15) is 9.59 Å². The molecule has 1 saturated carbocycles. The summed E-state index contributed by atoms with van der Waals surface area (Å²) in [4.78, 5) is 41.4. The van der Waals surface area contributed by atoms with E-state index < -0.39 is 11.6 Å². The predicted octanol–water partition coefficient (Wildman–Crippen LogP) is 6.23. The van der Waals surface area contributed by atoms with Crippen molar-refractivity contribution < 1.29 is 9.59 Å². The Morgan fingerprint density at radius 3 is 2.23 bits per heavy atom. The first kappa shape index (κ1) is 30.3. The van der Waals surface area contributed by atoms with Crippen LogP contribution in [0.4, 0.5) is 0 Å². The molecule has 4 heterocycles. The third-order valence-corrected chi connectivity index (χ3v) is 11.5. The van der Waals surface area contributed by atoms with Gasteiger partial charge >= 0.3 is 0 Å². The van der Waals surface area contributed by atoms with E-state index in [2.05, 4.69) is 48.0 Å². The van der Waals surface area contributed by atoms with E-state index in [-0.39, 0.29) is 29.2 Å². The number of carbonyl (C=O) groups excluding carboxylic acids is 2. The number of rotatable bonds is 7. The van der Waals surface area contributed by atoms with Crippen molar-refractivity contribution in [3.05, 3.63) is 80.3 Å². The Kier molecular flexibility index (Phi) is 7.89. The van der Waals surface area contributed by atoms with Gasteiger partial charge in [0.15, 0.2) is 17.0 Å². The predicted molar refractivity (Wildman–Crippen MR) is 178 cm³/mol. The van der Waals surface area contributed by atoms with Crippen LogP contribution >= 0.6 is 35.0 Å². The lowest BCUT2D eigenvalue weighted by atomic mass is 9.81. The summed E-state index contributed by atoms with van der Waals surface area (Å²) in [6, 6.07) is 14.8. The minimum Gasteiger partial charge on any atom is -0.338 e. The molecule has 2 saturated heterocycles. The van der Waals surface area contributed by atoms with Crippen LogP contribution in [-0.2, 0) is 15.1 Å². The molecule has 232 valence electrons. The molecule has 3 fully saturated rings. The average Bonchev–Trinajstić information content (AvgIpc) is 3.32. The highest BCUT2D eigenvalue weighted by molar-refractivity contribution is 8.18. The average molecular weight is 653 g/mol. The van der Waals surface area contributed by atoms with Crippen molar-refractivity contribution in [3.63, 3.8) is 0 Å². The van der Waals surface area contributed by atoms with Crippen molar-refractivity contribution >= 4 is 51.8 Å². The molecule has 7 rings (SSSR count). The van der Waals surface area contributed by atoms with Crippen LogP contribution in [0.5, 0.6) is 0 Å². The van der Waals surface area contributed by atoms with Crippen molar-refractivity contribution in [2.24, 2.45) is 10.9 Å². The number of thioether (sulfide) groups is 1. The molecule has 0 bridgehead atoms. The molecule has 2 aromatic carbocycles. The normalized spacial score (nSPS) is 26.9. The van der Waals surface area contributed by atoms with E-state index in [0.717, 1.165) is 67.3 Å². The second kappa shape index (κ2) is 11.5. The van der Waals surface area contributed by atoms with Gasteiger partial charge in [-0.15, -0.1) is 0 Å². The summed E-state index contributed by atoms with van der Waals surface area (Å²) in [7, 11) is 0. The SMILES string of the molecule is CC(C)C1=C(C(=O)C(C(=O)N2CCNC3(CC3)C2)N2CCCC2)SC2=N[C@@](C)(c3ccc(Cl)cc3)[C@@H](c3ccc(Cl)cc3)N21. The summed E-state index contributed by atoms with van der Waals surface area (Å²) in [6.45, 7) is 10.0. The molecule has 7 nitrogen and oxygen atoms in total. The number of piperazine rings is 1. The van der Waals surface area contributed by atoms with Crippen molar-refractivity contribution in [1.82, 2.24) is 20.0 Å². The van der Waals surface area contributed by atoms with Crippen LogP contribution in [-0.4, -0.2) is 75.9 Å². The third-order valence-electron chi connectivity index (χ3n) is 9.92. The largest absolute Gasteiger partial charge is 0.338 e. The molecule has 0 radical (unpaired) electrons. The van der Waals surface area contributed by atoms with Crippen LogP contribution in [0.15, 0.2) is 64.1 Å². The number of hydrogen-bond donors (Lipinski definition) is 1. The molecule has 1 amide bonds. The van der Waals surface area contributed by atoms with E-state index in [1.165, 1.54) is 11.8 Å². The Morgan fingerprint density at radius 2 is 1.61 bits per heavy atom. The number of amidine groups is 1. The lowest BCUT2D eigenvalue weighted by Crippen LogP contribution is -2.60. The highest BCUT2D eigenvalue weighted by atomic mass is 35.5. The number of halogens is 2. The summed E-state index contributed by atoms with van der Waals surface area (Å²) in [6.07, 6.45) is 4.18. The van der Waals surface area contributed by atoms with E-state index in [0.29, 0.717) is 28.0 Å². The van der Waals surface area contributed by atoms with Gasteiger partial charge < -0.3 is 15.1 Å². The fourth-order valence-corrected chi connectivity index (χ4v) is 9.07. The number of nitrogens with one attached hydrogen (secondary N) is 1. The lowest BCUT2D eigenvalue weighted by Gasteiger charge is -2.38. The van der Waals surface area contributed by atoms with Crippen LogP contribution in [0.25, 0.3) is 0 Å². The van der Waals surface area contributed by atoms with Gasteiger partial charge in [-0.1, -0.05) is 61.3 Å². The van der Waals surface area contributed by atoms with Crippen molar-refractivity contribution in [1.29, 1.82) is 0 Å². The highest BCUT2D eigenvalue weighted by Gasteiger charge is 2.55. The van der Waals surface area contributed by atoms with Crippen LogP contribution in [0.3, 0.4) is 0 Å². The van der Waals surface area contributed by atoms with E-state index in [1.807, 2.05) is 41.3 Å². The maximum absolute atomic E-state index is 14.8. The number of Topliss-reactive ketones (excluding diaryl/α,β-unsaturated/α-hetero) is 1. The molecule has 1 unspecified atom stereocenters. The Labute approximate surface area is 274 Å². The maximum Gasteiger partial charge on any atom is 0.248 e. The molecule has 1 aliphatic carbocycles. The number of aliphatic imine (C=N–C) groups is 1. The van der Waals surface area contributed by atoms with Crippen molar-refractivity contribution in [2.75, 3.05) is 32.7 Å². The number of carbonyl (C=O) groups is 2. The first-order valence-corrected chi connectivity index (χ1v) is 17.3. The van der Waals surface area contributed by atoms with Crippen LogP contribution in [0.2, 0.25) is 10.0 Å². The summed E-state index contributed by atoms with van der Waals surface area (Å²) >= 11 is 14.1. The van der Waals surface area contributed by atoms with E-state index in [1.54, 1.807) is 0 Å². The molecule has 5 aliphatic rings. The molecular weight excluding hydrogens is 613 g/mol. The molecule has 2 aromatic rings. The molecule has 3 atom stereocenters. The standard InChI is InChI=1S/C34H39Cl2N5O2S/c1-21(2)26-29(28(42)27(39-17-4-5-18-39)31(43)40-19-16-37-34(20-40)14-15-34)44-32-38-33(3,23-8-12-25(36)13-9-23)30(41(26)32)22-6-10-24(35)11-7-22/h6-13,21,27,30,37H,4-5,14-20H2,1-3H3/t27?,30-,33+/m1/s1. The molecule has 0 aromatic heterocycles. The number of ketones is 1. The number of benzene rings is 2. The van der Waals surface area contributed by atoms with Crippen molar-refractivity contribution in [3.8, 4) is 0 Å². The number of nitrogens with zero attached hydrogens (tertiary/aromatic N) is 4. The van der Waals surface area contributed by atoms with Gasteiger partial charge in [0.1, 0.15) is 5.54 Å². The molecule has 1 spiro atoms. The number of fused-ring (bicyclic) bond motifs is 1. The van der Waals surface area contributed by atoms with E-state index >= 15 is 0 Å². The molecule has 44 heavy (non-hydrogen) atoms. The number of amides is 1. The highest BCUT2D eigenvalue weighted by Crippen LogP contribution is 2.56. The second-order valence-electron chi connectivity index (χ2n) is 13.3. The van der Waals surface area contributed by atoms with Gasteiger partial charge in [0, 0.05) is 40.9 Å². The van der Waals surface area contributed by atoms with Gasteiger partial charge in [0.05, 0.1) is 10.9 Å². The molecular formula is C34H39Cl2N5O2S. The Balaban J connectivity index is 1.30. The van der Waals surface area contributed by atoms with E-state index in [4.69, 9.17) is 28.2 Å². The summed E-state index contributed by atoms with van der Waals surface area (Å²) in [5.74, 6) is -0.107. The smallest absolute Gasteiger partial charge is 0.248 e. The van der Waals surface area contributed by atoms with Crippen LogP contribution in [0.1, 0.15) is 63.6 Å². The fourth-order valence-electron chi connectivity index (χ4n) is 7.45. The summed E-state index contributed by atoms with van der Waals surface area (Å²) in [5, 5.41) is 5.73. The quantitative estimate of drug-likeness (QED) is 0.358. The molecule has 1 N–H and O–H groups in total. The van der Waals surface area contributed by atoms with Crippen molar-refractivity contribution in [2.45, 2.75) is 69.6 Å². The lowest BCUT2D eigenvalue weighted by molar-refractivity contribution is -0.142. The number of allylic oxidation sites excluding steroid dienone is 1. The monoisotopic (exact) mass is 651 g/mol. The van der Waals surface area contributed by atoms with Gasteiger partial charge in [0.2, 0.25) is 5.91 Å². The topological polar surface area (TPSA) is 68.2 Å². The summed E-state index contributed by atoms with van der Waals surface area (Å²) in [5.41, 5.74) is 2.44. The molecule has 4 aliphatic heterocycles.